The predicted octanol–water partition coefficient (Wildman–Crippen LogP) is 1.95. The van der Waals surface area contributed by atoms with Gasteiger partial charge >= 0.3 is 5.97 Å². The molecule has 0 saturated carbocycles. The first-order chi connectivity index (χ1) is 11.8. The number of carbonyl (C=O) groups excluding carboxylic acids is 2. The Morgan fingerprint density at radius 2 is 2.12 bits per heavy atom. The number of amides is 2. The summed E-state index contributed by atoms with van der Waals surface area (Å²) < 4.78 is 5.51. The zero-order valence-corrected chi connectivity index (χ0v) is 14.6. The van der Waals surface area contributed by atoms with Crippen LogP contribution in [0.1, 0.15) is 39.5 Å². The number of carboxylic acids is 1. The van der Waals surface area contributed by atoms with Crippen molar-refractivity contribution in [3.05, 3.63) is 24.3 Å². The molecular weight excluding hydrogens is 324 g/mol. The lowest BCUT2D eigenvalue weighted by Crippen LogP contribution is -2.45. The van der Waals surface area contributed by atoms with E-state index in [0.717, 1.165) is 12.1 Å². The Hall–Kier alpha value is -2.57. The minimum absolute atomic E-state index is 0.0138. The smallest absolute Gasteiger partial charge is 0.303 e. The SMILES string of the molecule is CC(C)(CCC(=O)O)NC(=O)COc1cccc(N2CCCC2=O)c1. The maximum Gasteiger partial charge on any atom is 0.303 e. The van der Waals surface area contributed by atoms with Crippen molar-refractivity contribution in [3.63, 3.8) is 0 Å². The van der Waals surface area contributed by atoms with E-state index in [0.29, 0.717) is 25.1 Å². The molecular formula is C18H24N2O5. The summed E-state index contributed by atoms with van der Waals surface area (Å²) in [7, 11) is 0. The molecule has 1 saturated heterocycles. The second kappa shape index (κ2) is 8.00. The van der Waals surface area contributed by atoms with Gasteiger partial charge in [0.1, 0.15) is 5.75 Å². The van der Waals surface area contributed by atoms with Crippen molar-refractivity contribution >= 4 is 23.5 Å². The van der Waals surface area contributed by atoms with Crippen molar-refractivity contribution in [2.45, 2.75) is 45.1 Å². The minimum atomic E-state index is -0.896. The zero-order valence-electron chi connectivity index (χ0n) is 14.6. The average molecular weight is 348 g/mol. The van der Waals surface area contributed by atoms with Gasteiger partial charge in [-0.15, -0.1) is 0 Å². The highest BCUT2D eigenvalue weighted by atomic mass is 16.5. The summed E-state index contributed by atoms with van der Waals surface area (Å²) in [4.78, 5) is 36.2. The normalized spacial score (nSPS) is 14.5. The highest BCUT2D eigenvalue weighted by molar-refractivity contribution is 5.95. The van der Waals surface area contributed by atoms with Crippen LogP contribution < -0.4 is 15.0 Å². The van der Waals surface area contributed by atoms with E-state index in [-0.39, 0.29) is 24.8 Å². The molecule has 0 unspecified atom stereocenters. The number of hydrogen-bond donors (Lipinski definition) is 2. The Kier molecular flexibility index (Phi) is 6.01. The first-order valence-electron chi connectivity index (χ1n) is 8.33. The highest BCUT2D eigenvalue weighted by Crippen LogP contribution is 2.25. The Morgan fingerprint density at radius 1 is 1.36 bits per heavy atom. The van der Waals surface area contributed by atoms with Gasteiger partial charge in [-0.3, -0.25) is 14.4 Å². The number of anilines is 1. The molecule has 1 fully saturated rings. The number of benzene rings is 1. The van der Waals surface area contributed by atoms with Crippen molar-refractivity contribution < 1.29 is 24.2 Å². The minimum Gasteiger partial charge on any atom is -0.484 e. The Morgan fingerprint density at radius 3 is 2.76 bits per heavy atom. The average Bonchev–Trinajstić information content (AvgIpc) is 2.97. The molecule has 1 aromatic carbocycles. The third kappa shape index (κ3) is 5.77. The molecule has 0 aliphatic carbocycles. The predicted molar refractivity (Wildman–Crippen MR) is 92.6 cm³/mol. The molecule has 2 rings (SSSR count). The van der Waals surface area contributed by atoms with Gasteiger partial charge in [0.2, 0.25) is 5.91 Å². The Bertz CT molecular complexity index is 657. The van der Waals surface area contributed by atoms with Crippen LogP contribution in [0.5, 0.6) is 5.75 Å². The van der Waals surface area contributed by atoms with E-state index in [1.807, 2.05) is 6.07 Å². The van der Waals surface area contributed by atoms with Gasteiger partial charge in [-0.1, -0.05) is 6.07 Å². The fourth-order valence-electron chi connectivity index (χ4n) is 2.71. The lowest BCUT2D eigenvalue weighted by molar-refractivity contribution is -0.138. The van der Waals surface area contributed by atoms with Crippen molar-refractivity contribution in [3.8, 4) is 5.75 Å². The monoisotopic (exact) mass is 348 g/mol. The van der Waals surface area contributed by atoms with Gasteiger partial charge in [-0.25, -0.2) is 0 Å². The topological polar surface area (TPSA) is 95.9 Å². The van der Waals surface area contributed by atoms with Crippen molar-refractivity contribution in [2.24, 2.45) is 0 Å². The molecule has 1 aliphatic rings. The standard InChI is InChI=1S/C18H24N2O5/c1-18(2,9-8-17(23)24)19-15(21)12-25-14-6-3-5-13(11-14)20-10-4-7-16(20)22/h3,5-6,11H,4,7-10,12H2,1-2H3,(H,19,21)(H,23,24). The van der Waals surface area contributed by atoms with Crippen LogP contribution >= 0.6 is 0 Å². The van der Waals surface area contributed by atoms with Crippen LogP contribution in [0.15, 0.2) is 24.3 Å². The molecule has 7 nitrogen and oxygen atoms in total. The molecule has 1 aliphatic heterocycles. The van der Waals surface area contributed by atoms with Gasteiger partial charge in [0.25, 0.3) is 5.91 Å². The van der Waals surface area contributed by atoms with E-state index >= 15 is 0 Å². The van der Waals surface area contributed by atoms with E-state index in [1.54, 1.807) is 36.9 Å². The zero-order chi connectivity index (χ0) is 18.4. The van der Waals surface area contributed by atoms with Crippen LogP contribution in [0.3, 0.4) is 0 Å². The van der Waals surface area contributed by atoms with Gasteiger partial charge < -0.3 is 20.1 Å². The number of aliphatic carboxylic acids is 1. The molecule has 0 spiro atoms. The summed E-state index contributed by atoms with van der Waals surface area (Å²) >= 11 is 0. The lowest BCUT2D eigenvalue weighted by Gasteiger charge is -2.25. The van der Waals surface area contributed by atoms with Crippen LogP contribution in [0.25, 0.3) is 0 Å². The van der Waals surface area contributed by atoms with Crippen molar-refractivity contribution in [1.29, 1.82) is 0 Å². The number of ether oxygens (including phenoxy) is 1. The first kappa shape index (κ1) is 18.8. The van der Waals surface area contributed by atoms with Crippen LogP contribution in [0.4, 0.5) is 5.69 Å². The number of carbonyl (C=O) groups is 3. The second-order valence-corrected chi connectivity index (χ2v) is 6.76. The van der Waals surface area contributed by atoms with E-state index in [2.05, 4.69) is 5.32 Å². The summed E-state index contributed by atoms with van der Waals surface area (Å²) in [5, 5.41) is 11.5. The molecule has 2 amide bonds. The van der Waals surface area contributed by atoms with E-state index in [4.69, 9.17) is 9.84 Å². The van der Waals surface area contributed by atoms with Crippen LogP contribution in [0.2, 0.25) is 0 Å². The molecule has 25 heavy (non-hydrogen) atoms. The molecule has 0 aromatic heterocycles. The van der Waals surface area contributed by atoms with E-state index in [9.17, 15) is 14.4 Å². The van der Waals surface area contributed by atoms with Gasteiger partial charge in [0.05, 0.1) is 0 Å². The highest BCUT2D eigenvalue weighted by Gasteiger charge is 2.23. The number of rotatable bonds is 8. The fraction of sp³-hybridized carbons (Fsp3) is 0.500. The molecule has 0 radical (unpaired) electrons. The second-order valence-electron chi connectivity index (χ2n) is 6.76. The van der Waals surface area contributed by atoms with Crippen LogP contribution in [0, 0.1) is 0 Å². The van der Waals surface area contributed by atoms with Gasteiger partial charge in [0.15, 0.2) is 6.61 Å². The lowest BCUT2D eigenvalue weighted by atomic mass is 9.98. The Labute approximate surface area is 147 Å². The van der Waals surface area contributed by atoms with Gasteiger partial charge in [-0.2, -0.15) is 0 Å². The van der Waals surface area contributed by atoms with Crippen molar-refractivity contribution in [1.82, 2.24) is 5.32 Å². The fourth-order valence-corrected chi connectivity index (χ4v) is 2.71. The number of carboxylic acid groups (broad SMARTS) is 1. The summed E-state index contributed by atoms with van der Waals surface area (Å²) in [6, 6.07) is 7.09. The maximum atomic E-state index is 12.0. The summed E-state index contributed by atoms with van der Waals surface area (Å²) in [6.45, 7) is 4.06. The summed E-state index contributed by atoms with van der Waals surface area (Å²) in [6.07, 6.45) is 1.72. The van der Waals surface area contributed by atoms with Gasteiger partial charge in [-0.05, 0) is 38.8 Å². The van der Waals surface area contributed by atoms with E-state index in [1.165, 1.54) is 0 Å². The Balaban J connectivity index is 1.87. The quantitative estimate of drug-likeness (QED) is 0.748. The third-order valence-corrected chi connectivity index (χ3v) is 4.01. The molecule has 7 heteroatoms. The molecule has 0 bridgehead atoms. The molecule has 1 heterocycles. The summed E-state index contributed by atoms with van der Waals surface area (Å²) in [5.74, 6) is -0.615. The maximum absolute atomic E-state index is 12.0. The van der Waals surface area contributed by atoms with Gasteiger partial charge in [0, 0.05) is 36.7 Å². The number of hydrogen-bond acceptors (Lipinski definition) is 4. The molecule has 2 N–H and O–H groups in total. The van der Waals surface area contributed by atoms with Crippen LogP contribution in [-0.4, -0.2) is 41.6 Å². The van der Waals surface area contributed by atoms with Crippen molar-refractivity contribution in [2.75, 3.05) is 18.1 Å². The van der Waals surface area contributed by atoms with E-state index < -0.39 is 11.5 Å². The molecule has 1 aromatic rings. The molecule has 136 valence electrons. The largest absolute Gasteiger partial charge is 0.484 e. The molecule has 0 atom stereocenters. The van der Waals surface area contributed by atoms with Crippen LogP contribution in [-0.2, 0) is 14.4 Å². The third-order valence-electron chi connectivity index (χ3n) is 4.01. The summed E-state index contributed by atoms with van der Waals surface area (Å²) in [5.41, 5.74) is 0.144. The number of nitrogens with zero attached hydrogens (tertiary/aromatic N) is 1. The first-order valence-corrected chi connectivity index (χ1v) is 8.33. The number of nitrogens with one attached hydrogen (secondary N) is 1.